The summed E-state index contributed by atoms with van der Waals surface area (Å²) >= 11 is 0. The van der Waals surface area contributed by atoms with Gasteiger partial charge in [0, 0.05) is 12.0 Å². The summed E-state index contributed by atoms with van der Waals surface area (Å²) in [6, 6.07) is 0. The number of hydrogen-bond acceptors (Lipinski definition) is 3. The average molecular weight is 284 g/mol. The van der Waals surface area contributed by atoms with Crippen LogP contribution in [-0.4, -0.2) is 28.6 Å². The summed E-state index contributed by atoms with van der Waals surface area (Å²) in [5.74, 6) is -0.841. The Bertz CT molecular complexity index is 286. The molecule has 116 valence electrons. The van der Waals surface area contributed by atoms with E-state index >= 15 is 0 Å². The second kappa shape index (κ2) is 12.9. The highest BCUT2D eigenvalue weighted by atomic mass is 16.4. The molecule has 0 spiro atoms. The summed E-state index contributed by atoms with van der Waals surface area (Å²) in [6.07, 6.45) is 12.0. The summed E-state index contributed by atoms with van der Waals surface area (Å²) in [4.78, 5) is 20.7. The Morgan fingerprint density at radius 2 is 1.70 bits per heavy atom. The average Bonchev–Trinajstić information content (AvgIpc) is 2.42. The van der Waals surface area contributed by atoms with Crippen LogP contribution in [0.2, 0.25) is 0 Å². The van der Waals surface area contributed by atoms with Crippen molar-refractivity contribution in [2.75, 3.05) is 0 Å². The molecular formula is C16H28O4. The zero-order chi connectivity index (χ0) is 15.2. The van der Waals surface area contributed by atoms with Gasteiger partial charge < -0.3 is 15.0 Å². The van der Waals surface area contributed by atoms with Crippen LogP contribution in [0.4, 0.5) is 0 Å². The van der Waals surface area contributed by atoms with Crippen molar-refractivity contribution in [1.82, 2.24) is 0 Å². The molecule has 0 aromatic carbocycles. The summed E-state index contributed by atoms with van der Waals surface area (Å²) in [5.41, 5.74) is 0. The minimum absolute atomic E-state index is 0.0449. The largest absolute Gasteiger partial charge is 0.478 e. The van der Waals surface area contributed by atoms with Gasteiger partial charge >= 0.3 is 5.97 Å². The number of aliphatic hydroxyl groups excluding tert-OH is 1. The normalized spacial score (nSPS) is 14.3. The minimum Gasteiger partial charge on any atom is -0.478 e. The Morgan fingerprint density at radius 3 is 2.35 bits per heavy atom. The van der Waals surface area contributed by atoms with Crippen LogP contribution < -0.4 is 0 Å². The highest BCUT2D eigenvalue weighted by Crippen LogP contribution is 2.13. The van der Waals surface area contributed by atoms with Crippen LogP contribution in [0.15, 0.2) is 12.2 Å². The number of carbonyl (C=O) groups is 2. The molecule has 0 radical (unpaired) electrons. The van der Waals surface area contributed by atoms with Crippen LogP contribution >= 0.6 is 0 Å². The van der Waals surface area contributed by atoms with Crippen molar-refractivity contribution >= 4 is 12.3 Å². The van der Waals surface area contributed by atoms with E-state index in [0.29, 0.717) is 6.42 Å². The van der Waals surface area contributed by atoms with E-state index in [4.69, 9.17) is 5.11 Å². The molecule has 0 aromatic heterocycles. The van der Waals surface area contributed by atoms with E-state index in [-0.39, 0.29) is 12.0 Å². The van der Waals surface area contributed by atoms with E-state index in [1.54, 1.807) is 6.08 Å². The maximum atomic E-state index is 10.4. The molecule has 2 N–H and O–H groups in total. The topological polar surface area (TPSA) is 74.6 Å². The van der Waals surface area contributed by atoms with Gasteiger partial charge in [0.15, 0.2) is 0 Å². The Kier molecular flexibility index (Phi) is 12.1. The lowest BCUT2D eigenvalue weighted by Gasteiger charge is -2.11. The number of carbonyl (C=O) groups excluding carboxylic acids is 1. The van der Waals surface area contributed by atoms with Gasteiger partial charge in [-0.15, -0.1) is 0 Å². The number of unbranched alkanes of at least 4 members (excludes halogenated alkanes) is 5. The number of aliphatic hydroxyl groups is 1. The number of aliphatic carboxylic acids is 1. The van der Waals surface area contributed by atoms with Crippen molar-refractivity contribution in [2.24, 2.45) is 5.92 Å². The number of carboxylic acid groups (broad SMARTS) is 1. The Morgan fingerprint density at radius 1 is 1.05 bits per heavy atom. The number of rotatable bonds is 13. The summed E-state index contributed by atoms with van der Waals surface area (Å²) in [7, 11) is 0. The third-order valence-corrected chi connectivity index (χ3v) is 3.36. The molecule has 0 fully saturated rings. The first-order valence-corrected chi connectivity index (χ1v) is 7.59. The van der Waals surface area contributed by atoms with Gasteiger partial charge in [0.25, 0.3) is 0 Å². The molecule has 0 aliphatic heterocycles. The minimum atomic E-state index is -0.886. The van der Waals surface area contributed by atoms with Gasteiger partial charge in [-0.2, -0.15) is 0 Å². The van der Waals surface area contributed by atoms with Crippen molar-refractivity contribution in [3.05, 3.63) is 12.2 Å². The quantitative estimate of drug-likeness (QED) is 0.309. The van der Waals surface area contributed by atoms with E-state index in [1.165, 1.54) is 6.08 Å². The van der Waals surface area contributed by atoms with Crippen LogP contribution in [0.5, 0.6) is 0 Å². The van der Waals surface area contributed by atoms with Crippen molar-refractivity contribution in [1.29, 1.82) is 0 Å². The Labute approximate surface area is 121 Å². The van der Waals surface area contributed by atoms with E-state index in [0.717, 1.165) is 57.7 Å². The van der Waals surface area contributed by atoms with E-state index in [9.17, 15) is 14.7 Å². The van der Waals surface area contributed by atoms with Crippen LogP contribution in [0, 0.1) is 5.92 Å². The molecule has 0 aromatic rings. The molecular weight excluding hydrogens is 256 g/mol. The molecule has 0 saturated heterocycles. The van der Waals surface area contributed by atoms with Crippen LogP contribution in [0.3, 0.4) is 0 Å². The molecule has 4 nitrogen and oxygen atoms in total. The first-order chi connectivity index (χ1) is 9.56. The van der Waals surface area contributed by atoms with Crippen molar-refractivity contribution in [3.8, 4) is 0 Å². The van der Waals surface area contributed by atoms with Gasteiger partial charge in [0.05, 0.1) is 6.10 Å². The smallest absolute Gasteiger partial charge is 0.327 e. The SMILES string of the molecule is CC(C=O)CCC(O)CCCCCCCC=CC(=O)O. The lowest BCUT2D eigenvalue weighted by Crippen LogP contribution is -2.09. The van der Waals surface area contributed by atoms with Gasteiger partial charge in [-0.25, -0.2) is 4.79 Å². The Hall–Kier alpha value is -1.16. The third-order valence-electron chi connectivity index (χ3n) is 3.36. The lowest BCUT2D eigenvalue weighted by molar-refractivity contribution is -0.131. The fourth-order valence-corrected chi connectivity index (χ4v) is 2.02. The van der Waals surface area contributed by atoms with Crippen molar-refractivity contribution in [2.45, 2.75) is 70.8 Å². The first kappa shape index (κ1) is 18.8. The predicted molar refractivity (Wildman–Crippen MR) is 79.6 cm³/mol. The summed E-state index contributed by atoms with van der Waals surface area (Å²) in [6.45, 7) is 1.87. The maximum absolute atomic E-state index is 10.4. The van der Waals surface area contributed by atoms with E-state index < -0.39 is 5.97 Å². The molecule has 0 heterocycles. The molecule has 0 amide bonds. The number of hydrogen-bond donors (Lipinski definition) is 2. The Balaban J connectivity index is 3.31. The second-order valence-electron chi connectivity index (χ2n) is 5.43. The van der Waals surface area contributed by atoms with Gasteiger partial charge in [-0.3, -0.25) is 0 Å². The first-order valence-electron chi connectivity index (χ1n) is 7.59. The van der Waals surface area contributed by atoms with Crippen molar-refractivity contribution < 1.29 is 19.8 Å². The van der Waals surface area contributed by atoms with E-state index in [2.05, 4.69) is 0 Å². The molecule has 0 rings (SSSR count). The summed E-state index contributed by atoms with van der Waals surface area (Å²) < 4.78 is 0. The van der Waals surface area contributed by atoms with Crippen LogP contribution in [-0.2, 0) is 9.59 Å². The van der Waals surface area contributed by atoms with Gasteiger partial charge in [-0.05, 0) is 32.1 Å². The fourth-order valence-electron chi connectivity index (χ4n) is 2.02. The zero-order valence-corrected chi connectivity index (χ0v) is 12.5. The standard InChI is InChI=1S/C16H28O4/c1-14(13-17)11-12-15(18)9-7-5-3-2-4-6-8-10-16(19)20/h8,10,13-15,18H,2-7,9,11-12H2,1H3,(H,19,20). The molecule has 20 heavy (non-hydrogen) atoms. The fraction of sp³-hybridized carbons (Fsp3) is 0.750. The molecule has 0 saturated carbocycles. The third kappa shape index (κ3) is 13.3. The monoisotopic (exact) mass is 284 g/mol. The van der Waals surface area contributed by atoms with Crippen molar-refractivity contribution in [3.63, 3.8) is 0 Å². The maximum Gasteiger partial charge on any atom is 0.327 e. The molecule has 2 unspecified atom stereocenters. The molecule has 0 aliphatic carbocycles. The van der Waals surface area contributed by atoms with Gasteiger partial charge in [0.2, 0.25) is 0 Å². The highest BCUT2D eigenvalue weighted by molar-refractivity contribution is 5.79. The molecule has 4 heteroatoms. The molecule has 0 bridgehead atoms. The zero-order valence-electron chi connectivity index (χ0n) is 12.5. The molecule has 2 atom stereocenters. The predicted octanol–water partition coefficient (Wildman–Crippen LogP) is 3.33. The molecule has 0 aliphatic rings. The van der Waals surface area contributed by atoms with Crippen LogP contribution in [0.25, 0.3) is 0 Å². The van der Waals surface area contributed by atoms with E-state index in [1.807, 2.05) is 6.92 Å². The van der Waals surface area contributed by atoms with Gasteiger partial charge in [-0.1, -0.05) is 38.7 Å². The number of aldehydes is 1. The van der Waals surface area contributed by atoms with Gasteiger partial charge in [0.1, 0.15) is 6.29 Å². The van der Waals surface area contributed by atoms with Crippen LogP contribution in [0.1, 0.15) is 64.7 Å². The second-order valence-corrected chi connectivity index (χ2v) is 5.43. The number of carboxylic acids is 1. The lowest BCUT2D eigenvalue weighted by atomic mass is 10.0. The summed E-state index contributed by atoms with van der Waals surface area (Å²) in [5, 5.41) is 18.1. The number of allylic oxidation sites excluding steroid dienone is 1. The highest BCUT2D eigenvalue weighted by Gasteiger charge is 2.06.